The molecule has 0 saturated carbocycles. The fourth-order valence-electron chi connectivity index (χ4n) is 1.76. The molecule has 0 radical (unpaired) electrons. The molecule has 0 bridgehead atoms. The van der Waals surface area contributed by atoms with Gasteiger partial charge in [-0.1, -0.05) is 0 Å². The Morgan fingerprint density at radius 1 is 1.29 bits per heavy atom. The summed E-state index contributed by atoms with van der Waals surface area (Å²) in [5, 5.41) is 14.0. The summed E-state index contributed by atoms with van der Waals surface area (Å²) < 4.78 is 0. The van der Waals surface area contributed by atoms with Crippen LogP contribution in [0.15, 0.2) is 18.2 Å². The first kappa shape index (κ1) is 16.5. The molecule has 0 aliphatic heterocycles. The highest BCUT2D eigenvalue weighted by Crippen LogP contribution is 2.15. The van der Waals surface area contributed by atoms with Crippen molar-refractivity contribution in [2.75, 3.05) is 25.5 Å². The summed E-state index contributed by atoms with van der Waals surface area (Å²) in [4.78, 5) is 35.6. The van der Waals surface area contributed by atoms with E-state index < -0.39 is 12.0 Å². The molecule has 0 aliphatic carbocycles. The largest absolute Gasteiger partial charge is 0.478 e. The number of hydrogen-bond donors (Lipinski definition) is 3. The Hall–Kier alpha value is -2.57. The lowest BCUT2D eigenvalue weighted by Crippen LogP contribution is -2.41. The van der Waals surface area contributed by atoms with Crippen LogP contribution in [0.2, 0.25) is 0 Å². The van der Waals surface area contributed by atoms with Crippen LogP contribution in [-0.4, -0.2) is 48.1 Å². The van der Waals surface area contributed by atoms with Crippen molar-refractivity contribution in [1.82, 2.24) is 10.2 Å². The molecule has 0 heterocycles. The fourth-order valence-corrected chi connectivity index (χ4v) is 1.76. The van der Waals surface area contributed by atoms with Gasteiger partial charge in [-0.25, -0.2) is 9.59 Å². The topological polar surface area (TPSA) is 98.7 Å². The van der Waals surface area contributed by atoms with Crippen molar-refractivity contribution in [3.8, 4) is 0 Å². The van der Waals surface area contributed by atoms with Crippen molar-refractivity contribution < 1.29 is 19.5 Å². The second-order valence-corrected chi connectivity index (χ2v) is 4.45. The summed E-state index contributed by atoms with van der Waals surface area (Å²) in [6.07, 6.45) is 0. The van der Waals surface area contributed by atoms with Gasteiger partial charge in [-0.15, -0.1) is 0 Å². The molecule has 114 valence electrons. The molecule has 0 fully saturated rings. The lowest BCUT2D eigenvalue weighted by molar-refractivity contribution is -0.121. The first-order valence-corrected chi connectivity index (χ1v) is 6.49. The highest BCUT2D eigenvalue weighted by Gasteiger charge is 2.15. The van der Waals surface area contributed by atoms with Gasteiger partial charge < -0.3 is 20.6 Å². The number of nitrogens with one attached hydrogen (secondary N) is 2. The minimum absolute atomic E-state index is 0.0367. The SMILES string of the molecule is CCN(CC(=O)NC)C(=O)Nc1ccc(C(=O)O)c(C)c1. The van der Waals surface area contributed by atoms with Crippen LogP contribution in [0.3, 0.4) is 0 Å². The van der Waals surface area contributed by atoms with Crippen LogP contribution in [0.25, 0.3) is 0 Å². The van der Waals surface area contributed by atoms with E-state index >= 15 is 0 Å². The molecule has 1 aromatic rings. The minimum atomic E-state index is -1.01. The number of rotatable bonds is 5. The van der Waals surface area contributed by atoms with Crippen LogP contribution < -0.4 is 10.6 Å². The molecular weight excluding hydrogens is 274 g/mol. The molecule has 3 N–H and O–H groups in total. The van der Waals surface area contributed by atoms with Crippen molar-refractivity contribution in [3.05, 3.63) is 29.3 Å². The first-order valence-electron chi connectivity index (χ1n) is 6.49. The normalized spacial score (nSPS) is 9.86. The smallest absolute Gasteiger partial charge is 0.335 e. The predicted octanol–water partition coefficient (Wildman–Crippen LogP) is 1.29. The molecule has 0 saturated heterocycles. The number of benzene rings is 1. The van der Waals surface area contributed by atoms with Gasteiger partial charge >= 0.3 is 12.0 Å². The highest BCUT2D eigenvalue weighted by molar-refractivity contribution is 5.94. The van der Waals surface area contributed by atoms with E-state index in [1.165, 1.54) is 24.1 Å². The maximum Gasteiger partial charge on any atom is 0.335 e. The van der Waals surface area contributed by atoms with Gasteiger partial charge in [0.1, 0.15) is 6.54 Å². The number of likely N-dealkylation sites (N-methyl/N-ethyl adjacent to an activating group) is 2. The van der Waals surface area contributed by atoms with Gasteiger partial charge in [-0.3, -0.25) is 4.79 Å². The molecule has 1 rings (SSSR count). The fraction of sp³-hybridized carbons (Fsp3) is 0.357. The van der Waals surface area contributed by atoms with E-state index in [1.54, 1.807) is 19.9 Å². The Labute approximate surface area is 122 Å². The van der Waals surface area contributed by atoms with E-state index in [9.17, 15) is 14.4 Å². The van der Waals surface area contributed by atoms with Crippen molar-refractivity contribution >= 4 is 23.6 Å². The average Bonchev–Trinajstić information content (AvgIpc) is 2.43. The second kappa shape index (κ2) is 7.28. The van der Waals surface area contributed by atoms with Crippen molar-refractivity contribution in [2.24, 2.45) is 0 Å². The van der Waals surface area contributed by atoms with E-state index in [0.29, 0.717) is 17.8 Å². The van der Waals surface area contributed by atoms with E-state index in [4.69, 9.17) is 5.11 Å². The third-order valence-electron chi connectivity index (χ3n) is 2.99. The number of aromatic carboxylic acids is 1. The van der Waals surface area contributed by atoms with Gasteiger partial charge in [-0.2, -0.15) is 0 Å². The number of carbonyl (C=O) groups excluding carboxylic acids is 2. The molecule has 3 amide bonds. The molecule has 0 aliphatic rings. The maximum absolute atomic E-state index is 12.0. The zero-order valence-electron chi connectivity index (χ0n) is 12.3. The number of nitrogens with zero attached hydrogens (tertiary/aromatic N) is 1. The van der Waals surface area contributed by atoms with Crippen LogP contribution in [0.4, 0.5) is 10.5 Å². The molecule has 0 aromatic heterocycles. The van der Waals surface area contributed by atoms with E-state index in [-0.39, 0.29) is 18.0 Å². The predicted molar refractivity (Wildman–Crippen MR) is 78.5 cm³/mol. The van der Waals surface area contributed by atoms with Crippen LogP contribution in [0.5, 0.6) is 0 Å². The summed E-state index contributed by atoms with van der Waals surface area (Å²) in [6, 6.07) is 4.11. The number of urea groups is 1. The summed E-state index contributed by atoms with van der Waals surface area (Å²) >= 11 is 0. The van der Waals surface area contributed by atoms with E-state index in [2.05, 4.69) is 10.6 Å². The Kier molecular flexibility index (Phi) is 5.71. The standard InChI is InChI=1S/C14H19N3O4/c1-4-17(8-12(18)15-3)14(21)16-10-5-6-11(13(19)20)9(2)7-10/h5-7H,4,8H2,1-3H3,(H,15,18)(H,16,21)(H,19,20). The lowest BCUT2D eigenvalue weighted by Gasteiger charge is -2.20. The molecule has 7 nitrogen and oxygen atoms in total. The van der Waals surface area contributed by atoms with E-state index in [0.717, 1.165) is 0 Å². The number of amides is 3. The zero-order chi connectivity index (χ0) is 16.0. The highest BCUT2D eigenvalue weighted by atomic mass is 16.4. The van der Waals surface area contributed by atoms with Crippen LogP contribution in [-0.2, 0) is 4.79 Å². The summed E-state index contributed by atoms with van der Waals surface area (Å²) in [5.74, 6) is -1.27. The van der Waals surface area contributed by atoms with Gasteiger partial charge in [0.25, 0.3) is 0 Å². The molecule has 0 spiro atoms. The van der Waals surface area contributed by atoms with Crippen molar-refractivity contribution in [2.45, 2.75) is 13.8 Å². The molecule has 1 aromatic carbocycles. The Morgan fingerprint density at radius 3 is 2.43 bits per heavy atom. The molecule has 21 heavy (non-hydrogen) atoms. The van der Waals surface area contributed by atoms with Crippen molar-refractivity contribution in [3.63, 3.8) is 0 Å². The molecule has 0 atom stereocenters. The number of carbonyl (C=O) groups is 3. The maximum atomic E-state index is 12.0. The minimum Gasteiger partial charge on any atom is -0.478 e. The van der Waals surface area contributed by atoms with Crippen LogP contribution in [0.1, 0.15) is 22.8 Å². The lowest BCUT2D eigenvalue weighted by atomic mass is 10.1. The monoisotopic (exact) mass is 293 g/mol. The summed E-state index contributed by atoms with van der Waals surface area (Å²) in [6.45, 7) is 3.76. The Balaban J connectivity index is 2.80. The van der Waals surface area contributed by atoms with Gasteiger partial charge in [0.15, 0.2) is 0 Å². The summed E-state index contributed by atoms with van der Waals surface area (Å²) in [7, 11) is 1.50. The third kappa shape index (κ3) is 4.48. The van der Waals surface area contributed by atoms with Crippen LogP contribution in [0, 0.1) is 6.92 Å². The number of anilines is 1. The average molecular weight is 293 g/mol. The Bertz CT molecular complexity index is 557. The number of hydrogen-bond acceptors (Lipinski definition) is 3. The van der Waals surface area contributed by atoms with Gasteiger partial charge in [0.05, 0.1) is 5.56 Å². The quantitative estimate of drug-likeness (QED) is 0.762. The van der Waals surface area contributed by atoms with Gasteiger partial charge in [0, 0.05) is 19.3 Å². The Morgan fingerprint density at radius 2 is 1.95 bits per heavy atom. The van der Waals surface area contributed by atoms with E-state index in [1.807, 2.05) is 0 Å². The molecular formula is C14H19N3O4. The zero-order valence-corrected chi connectivity index (χ0v) is 12.3. The molecule has 0 unspecified atom stereocenters. The van der Waals surface area contributed by atoms with Gasteiger partial charge in [-0.05, 0) is 37.6 Å². The van der Waals surface area contributed by atoms with Crippen LogP contribution >= 0.6 is 0 Å². The number of carboxylic acid groups (broad SMARTS) is 1. The number of aryl methyl sites for hydroxylation is 1. The second-order valence-electron chi connectivity index (χ2n) is 4.45. The first-order chi connectivity index (χ1) is 9.88. The summed E-state index contributed by atoms with van der Waals surface area (Å²) in [5.41, 5.74) is 1.22. The molecule has 7 heteroatoms. The third-order valence-corrected chi connectivity index (χ3v) is 2.99. The van der Waals surface area contributed by atoms with Crippen molar-refractivity contribution in [1.29, 1.82) is 0 Å². The number of carboxylic acids is 1. The van der Waals surface area contributed by atoms with Gasteiger partial charge in [0.2, 0.25) is 5.91 Å².